The summed E-state index contributed by atoms with van der Waals surface area (Å²) in [6, 6.07) is 4.19. The number of aliphatic hydroxyl groups is 1. The molecule has 0 saturated carbocycles. The highest BCUT2D eigenvalue weighted by molar-refractivity contribution is 5.29. The summed E-state index contributed by atoms with van der Waals surface area (Å²) < 4.78 is 18.1. The second-order valence-corrected chi connectivity index (χ2v) is 2.83. The number of ether oxygens (including phenoxy) is 1. The van der Waals surface area contributed by atoms with Crippen molar-refractivity contribution in [1.82, 2.24) is 0 Å². The van der Waals surface area contributed by atoms with Crippen molar-refractivity contribution >= 4 is 0 Å². The molecule has 0 radical (unpaired) electrons. The van der Waals surface area contributed by atoms with E-state index in [0.717, 1.165) is 0 Å². The second-order valence-electron chi connectivity index (χ2n) is 2.83. The Hall–Kier alpha value is -1.35. The molecule has 76 valence electrons. The Kier molecular flexibility index (Phi) is 4.13. The molecule has 1 N–H and O–H groups in total. The molecule has 1 rings (SSSR count). The number of benzene rings is 1. The zero-order valence-electron chi connectivity index (χ0n) is 8.03. The van der Waals surface area contributed by atoms with E-state index in [2.05, 4.69) is 0 Å². The van der Waals surface area contributed by atoms with Gasteiger partial charge in [0, 0.05) is 6.07 Å². The summed E-state index contributed by atoms with van der Waals surface area (Å²) >= 11 is 0. The van der Waals surface area contributed by atoms with Crippen LogP contribution in [0.5, 0.6) is 5.75 Å². The first kappa shape index (κ1) is 10.7. The molecular weight excluding hydrogens is 183 g/mol. The van der Waals surface area contributed by atoms with Crippen molar-refractivity contribution in [1.29, 1.82) is 0 Å². The third-order valence-corrected chi connectivity index (χ3v) is 1.70. The average molecular weight is 196 g/mol. The third-order valence-electron chi connectivity index (χ3n) is 1.70. The van der Waals surface area contributed by atoms with Gasteiger partial charge in [0.2, 0.25) is 0 Å². The normalized spacial score (nSPS) is 10.8. The van der Waals surface area contributed by atoms with Crippen molar-refractivity contribution in [3.05, 3.63) is 41.7 Å². The van der Waals surface area contributed by atoms with Crippen LogP contribution in [0.25, 0.3) is 0 Å². The van der Waals surface area contributed by atoms with Crippen molar-refractivity contribution in [3.63, 3.8) is 0 Å². The molecule has 0 fully saturated rings. The van der Waals surface area contributed by atoms with Crippen molar-refractivity contribution in [3.8, 4) is 5.75 Å². The largest absolute Gasteiger partial charge is 0.489 e. The predicted octanol–water partition coefficient (Wildman–Crippen LogP) is 2.27. The van der Waals surface area contributed by atoms with Gasteiger partial charge in [-0.05, 0) is 24.6 Å². The molecule has 0 atom stereocenters. The van der Waals surface area contributed by atoms with Gasteiger partial charge in [-0.25, -0.2) is 4.39 Å². The molecule has 0 unspecified atom stereocenters. The lowest BCUT2D eigenvalue weighted by atomic mass is 10.2. The van der Waals surface area contributed by atoms with Crippen LogP contribution in [0.15, 0.2) is 30.4 Å². The maximum atomic E-state index is 12.9. The Morgan fingerprint density at radius 2 is 2.21 bits per heavy atom. The van der Waals surface area contributed by atoms with Gasteiger partial charge in [-0.1, -0.05) is 12.2 Å². The van der Waals surface area contributed by atoms with Gasteiger partial charge in [0.25, 0.3) is 0 Å². The third kappa shape index (κ3) is 3.18. The van der Waals surface area contributed by atoms with E-state index >= 15 is 0 Å². The van der Waals surface area contributed by atoms with Crippen molar-refractivity contribution in [2.24, 2.45) is 0 Å². The number of rotatable bonds is 4. The van der Waals surface area contributed by atoms with E-state index < -0.39 is 5.82 Å². The van der Waals surface area contributed by atoms with E-state index in [0.29, 0.717) is 17.9 Å². The first-order valence-electron chi connectivity index (χ1n) is 4.40. The van der Waals surface area contributed by atoms with Gasteiger partial charge in [-0.15, -0.1) is 0 Å². The van der Waals surface area contributed by atoms with Crippen LogP contribution in [0.2, 0.25) is 0 Å². The average Bonchev–Trinajstić information content (AvgIpc) is 2.17. The summed E-state index contributed by atoms with van der Waals surface area (Å²) in [6.45, 7) is 2.11. The zero-order valence-corrected chi connectivity index (χ0v) is 8.03. The van der Waals surface area contributed by atoms with Gasteiger partial charge in [-0.2, -0.15) is 0 Å². The van der Waals surface area contributed by atoms with Crippen molar-refractivity contribution in [2.45, 2.75) is 13.5 Å². The number of hydrogen-bond acceptors (Lipinski definition) is 2. The Bertz CT molecular complexity index is 321. The van der Waals surface area contributed by atoms with E-state index in [1.54, 1.807) is 6.07 Å². The van der Waals surface area contributed by atoms with Gasteiger partial charge < -0.3 is 9.84 Å². The molecule has 0 amide bonds. The van der Waals surface area contributed by atoms with Crippen molar-refractivity contribution in [2.75, 3.05) is 6.61 Å². The Labute approximate surface area is 82.6 Å². The van der Waals surface area contributed by atoms with Crippen LogP contribution < -0.4 is 4.74 Å². The molecule has 0 bridgehead atoms. The van der Waals surface area contributed by atoms with Crippen LogP contribution in [-0.4, -0.2) is 11.7 Å². The molecule has 3 heteroatoms. The molecule has 0 spiro atoms. The van der Waals surface area contributed by atoms with E-state index in [4.69, 9.17) is 9.84 Å². The summed E-state index contributed by atoms with van der Waals surface area (Å²) in [5, 5.41) is 8.82. The SMILES string of the molecule is C/C=C/COc1cc(F)cc(CO)c1. The molecule has 0 aliphatic rings. The summed E-state index contributed by atoms with van der Waals surface area (Å²) in [6.07, 6.45) is 3.68. The van der Waals surface area contributed by atoms with E-state index in [-0.39, 0.29) is 6.61 Å². The zero-order chi connectivity index (χ0) is 10.4. The minimum atomic E-state index is -0.396. The number of hydrogen-bond donors (Lipinski definition) is 1. The van der Waals surface area contributed by atoms with Crippen LogP contribution in [0, 0.1) is 5.82 Å². The van der Waals surface area contributed by atoms with Gasteiger partial charge in [0.1, 0.15) is 18.2 Å². The predicted molar refractivity (Wildman–Crippen MR) is 52.6 cm³/mol. The lowest BCUT2D eigenvalue weighted by Gasteiger charge is -2.05. The van der Waals surface area contributed by atoms with Crippen LogP contribution in [-0.2, 0) is 6.61 Å². The molecule has 0 heterocycles. The van der Waals surface area contributed by atoms with E-state index in [9.17, 15) is 4.39 Å². The summed E-state index contributed by atoms with van der Waals surface area (Å²) in [4.78, 5) is 0. The Morgan fingerprint density at radius 3 is 2.86 bits per heavy atom. The second kappa shape index (κ2) is 5.40. The van der Waals surface area contributed by atoms with Gasteiger partial charge in [0.05, 0.1) is 6.61 Å². The lowest BCUT2D eigenvalue weighted by Crippen LogP contribution is -1.95. The molecule has 0 aliphatic carbocycles. The summed E-state index contributed by atoms with van der Waals surface area (Å²) in [5.74, 6) is 0.0409. The Balaban J connectivity index is 2.71. The summed E-state index contributed by atoms with van der Waals surface area (Å²) in [7, 11) is 0. The smallest absolute Gasteiger partial charge is 0.127 e. The quantitative estimate of drug-likeness (QED) is 0.748. The standard InChI is InChI=1S/C11H13FO2/c1-2-3-4-14-11-6-9(8-13)5-10(12)7-11/h2-3,5-7,13H,4,8H2,1H3/b3-2+. The topological polar surface area (TPSA) is 29.5 Å². The van der Waals surface area contributed by atoms with Gasteiger partial charge in [0.15, 0.2) is 0 Å². The number of allylic oxidation sites excluding steroid dienone is 1. The van der Waals surface area contributed by atoms with Crippen LogP contribution >= 0.6 is 0 Å². The van der Waals surface area contributed by atoms with Crippen LogP contribution in [0.1, 0.15) is 12.5 Å². The highest BCUT2D eigenvalue weighted by atomic mass is 19.1. The molecule has 2 nitrogen and oxygen atoms in total. The molecule has 1 aromatic rings. The highest BCUT2D eigenvalue weighted by Crippen LogP contribution is 2.16. The molecule has 1 aromatic carbocycles. The minimum absolute atomic E-state index is 0.183. The van der Waals surface area contributed by atoms with E-state index in [1.807, 2.05) is 19.1 Å². The monoisotopic (exact) mass is 196 g/mol. The highest BCUT2D eigenvalue weighted by Gasteiger charge is 2.00. The Morgan fingerprint density at radius 1 is 1.43 bits per heavy atom. The molecule has 0 aromatic heterocycles. The molecule has 0 saturated heterocycles. The number of aliphatic hydroxyl groups excluding tert-OH is 1. The molecule has 14 heavy (non-hydrogen) atoms. The maximum absolute atomic E-state index is 12.9. The fraction of sp³-hybridized carbons (Fsp3) is 0.273. The van der Waals surface area contributed by atoms with Crippen LogP contribution in [0.4, 0.5) is 4.39 Å². The minimum Gasteiger partial charge on any atom is -0.489 e. The fourth-order valence-electron chi connectivity index (χ4n) is 1.04. The lowest BCUT2D eigenvalue weighted by molar-refractivity contribution is 0.279. The maximum Gasteiger partial charge on any atom is 0.127 e. The molecule has 0 aliphatic heterocycles. The van der Waals surface area contributed by atoms with E-state index in [1.165, 1.54) is 12.1 Å². The summed E-state index contributed by atoms with van der Waals surface area (Å²) in [5.41, 5.74) is 0.514. The van der Waals surface area contributed by atoms with Gasteiger partial charge in [-0.3, -0.25) is 0 Å². The first-order chi connectivity index (χ1) is 6.76. The van der Waals surface area contributed by atoms with Gasteiger partial charge >= 0.3 is 0 Å². The first-order valence-corrected chi connectivity index (χ1v) is 4.40. The molecular formula is C11H13FO2. The van der Waals surface area contributed by atoms with Crippen LogP contribution in [0.3, 0.4) is 0 Å². The fourth-order valence-corrected chi connectivity index (χ4v) is 1.04. The number of halogens is 1. The van der Waals surface area contributed by atoms with Crippen molar-refractivity contribution < 1.29 is 14.2 Å².